The topological polar surface area (TPSA) is 79.8 Å². The first-order valence-electron chi connectivity index (χ1n) is 10.1. The zero-order valence-electron chi connectivity index (χ0n) is 18.0. The van der Waals surface area contributed by atoms with Crippen LogP contribution in [0, 0.1) is 11.3 Å². The zero-order chi connectivity index (χ0) is 20.6. The SMILES string of the molecule is CCNC(=NCc1ccccc1OCC1CC1)NCC(C)(C)CCS(C)(=O)=O.I. The number of benzene rings is 1. The smallest absolute Gasteiger partial charge is 0.191 e. The fourth-order valence-corrected chi connectivity index (χ4v) is 3.57. The van der Waals surface area contributed by atoms with Gasteiger partial charge in [-0.05, 0) is 43.6 Å². The number of aliphatic imine (C=N–C) groups is 1. The van der Waals surface area contributed by atoms with Crippen LogP contribution in [0.5, 0.6) is 5.75 Å². The molecule has 166 valence electrons. The third-order valence-electron chi connectivity index (χ3n) is 4.78. The molecule has 8 heteroatoms. The van der Waals surface area contributed by atoms with Crippen molar-refractivity contribution in [1.29, 1.82) is 0 Å². The van der Waals surface area contributed by atoms with Crippen LogP contribution in [0.4, 0.5) is 0 Å². The predicted octanol–water partition coefficient (Wildman–Crippen LogP) is 3.61. The van der Waals surface area contributed by atoms with E-state index in [-0.39, 0.29) is 35.1 Å². The van der Waals surface area contributed by atoms with Crippen molar-refractivity contribution in [1.82, 2.24) is 10.6 Å². The van der Waals surface area contributed by atoms with Gasteiger partial charge in [-0.2, -0.15) is 0 Å². The molecule has 0 atom stereocenters. The van der Waals surface area contributed by atoms with Gasteiger partial charge in [0.2, 0.25) is 0 Å². The molecule has 1 aromatic rings. The Labute approximate surface area is 193 Å². The van der Waals surface area contributed by atoms with Crippen LogP contribution in [-0.4, -0.2) is 46.1 Å². The highest BCUT2D eigenvalue weighted by Crippen LogP contribution is 2.30. The van der Waals surface area contributed by atoms with Crippen LogP contribution >= 0.6 is 24.0 Å². The number of ether oxygens (including phenoxy) is 1. The Morgan fingerprint density at radius 2 is 1.93 bits per heavy atom. The number of rotatable bonds is 11. The summed E-state index contributed by atoms with van der Waals surface area (Å²) in [5.74, 6) is 2.54. The van der Waals surface area contributed by atoms with Crippen molar-refractivity contribution in [3.63, 3.8) is 0 Å². The van der Waals surface area contributed by atoms with Gasteiger partial charge in [0.05, 0.1) is 18.9 Å². The van der Waals surface area contributed by atoms with Crippen molar-refractivity contribution in [2.75, 3.05) is 31.7 Å². The Hall–Kier alpha value is -1.03. The number of hydrogen-bond acceptors (Lipinski definition) is 4. The molecule has 0 bridgehead atoms. The molecule has 0 radical (unpaired) electrons. The van der Waals surface area contributed by atoms with Crippen LogP contribution in [0.2, 0.25) is 0 Å². The Morgan fingerprint density at radius 3 is 2.55 bits per heavy atom. The lowest BCUT2D eigenvalue weighted by atomic mass is 9.90. The minimum atomic E-state index is -2.95. The third kappa shape index (κ3) is 11.1. The number of halogens is 1. The summed E-state index contributed by atoms with van der Waals surface area (Å²) in [7, 11) is -2.95. The van der Waals surface area contributed by atoms with Gasteiger partial charge in [0.25, 0.3) is 0 Å². The van der Waals surface area contributed by atoms with Gasteiger partial charge in [-0.1, -0.05) is 32.0 Å². The molecule has 0 spiro atoms. The van der Waals surface area contributed by atoms with E-state index in [0.29, 0.717) is 25.4 Å². The number of nitrogens with one attached hydrogen (secondary N) is 2. The van der Waals surface area contributed by atoms with Crippen LogP contribution in [0.1, 0.15) is 45.6 Å². The first-order chi connectivity index (χ1) is 13.2. The van der Waals surface area contributed by atoms with E-state index in [1.54, 1.807) is 0 Å². The van der Waals surface area contributed by atoms with Crippen molar-refractivity contribution < 1.29 is 13.2 Å². The summed E-state index contributed by atoms with van der Waals surface area (Å²) in [5.41, 5.74) is 0.918. The number of sulfone groups is 1. The lowest BCUT2D eigenvalue weighted by molar-refractivity contribution is 0.297. The second kappa shape index (κ2) is 12.0. The average Bonchev–Trinajstić information content (AvgIpc) is 3.45. The Morgan fingerprint density at radius 1 is 1.24 bits per heavy atom. The largest absolute Gasteiger partial charge is 0.493 e. The molecular formula is C21H36IN3O3S. The summed E-state index contributed by atoms with van der Waals surface area (Å²) in [6.45, 7) is 8.88. The molecule has 0 unspecified atom stereocenters. The average molecular weight is 538 g/mol. The molecule has 1 aromatic carbocycles. The highest BCUT2D eigenvalue weighted by molar-refractivity contribution is 14.0. The van der Waals surface area contributed by atoms with Gasteiger partial charge < -0.3 is 15.4 Å². The highest BCUT2D eigenvalue weighted by Gasteiger charge is 2.22. The standard InChI is InChI=1S/C21H35N3O3S.HI/c1-5-22-20(24-16-21(2,3)12-13-28(4,25)26)23-14-18-8-6-7-9-19(18)27-15-17-10-11-17;/h6-9,17H,5,10-16H2,1-4H3,(H2,22,23,24);1H. The van der Waals surface area contributed by atoms with E-state index in [2.05, 4.69) is 24.5 Å². The minimum absolute atomic E-state index is 0. The summed E-state index contributed by atoms with van der Waals surface area (Å²) in [4.78, 5) is 4.70. The maximum atomic E-state index is 11.4. The summed E-state index contributed by atoms with van der Waals surface area (Å²) in [6.07, 6.45) is 4.43. The van der Waals surface area contributed by atoms with Gasteiger partial charge >= 0.3 is 0 Å². The lowest BCUT2D eigenvalue weighted by Crippen LogP contribution is -2.42. The van der Waals surface area contributed by atoms with E-state index in [9.17, 15) is 8.42 Å². The van der Waals surface area contributed by atoms with E-state index >= 15 is 0 Å². The Kier molecular flexibility index (Phi) is 10.7. The van der Waals surface area contributed by atoms with Crippen LogP contribution in [0.15, 0.2) is 29.3 Å². The van der Waals surface area contributed by atoms with E-state index in [1.807, 2.05) is 31.2 Å². The molecule has 0 aromatic heterocycles. The summed E-state index contributed by atoms with van der Waals surface area (Å²) in [6, 6.07) is 8.04. The molecule has 6 nitrogen and oxygen atoms in total. The molecular weight excluding hydrogens is 501 g/mol. The molecule has 1 aliphatic carbocycles. The van der Waals surface area contributed by atoms with Gasteiger partial charge in [-0.25, -0.2) is 13.4 Å². The molecule has 0 amide bonds. The van der Waals surface area contributed by atoms with E-state index in [0.717, 1.165) is 30.4 Å². The van der Waals surface area contributed by atoms with Gasteiger partial charge in [-0.3, -0.25) is 0 Å². The first kappa shape index (κ1) is 26.0. The van der Waals surface area contributed by atoms with Crippen LogP contribution in [-0.2, 0) is 16.4 Å². The molecule has 0 saturated heterocycles. The molecule has 29 heavy (non-hydrogen) atoms. The number of para-hydroxylation sites is 1. The van der Waals surface area contributed by atoms with E-state index in [1.165, 1.54) is 19.1 Å². The minimum Gasteiger partial charge on any atom is -0.493 e. The van der Waals surface area contributed by atoms with Crippen LogP contribution in [0.3, 0.4) is 0 Å². The molecule has 2 N–H and O–H groups in total. The lowest BCUT2D eigenvalue weighted by Gasteiger charge is -2.25. The first-order valence-corrected chi connectivity index (χ1v) is 12.2. The van der Waals surface area contributed by atoms with Gasteiger partial charge in [-0.15, -0.1) is 24.0 Å². The van der Waals surface area contributed by atoms with Gasteiger partial charge in [0.15, 0.2) is 5.96 Å². The second-order valence-corrected chi connectivity index (χ2v) is 10.7. The van der Waals surface area contributed by atoms with Crippen molar-refractivity contribution >= 4 is 39.8 Å². The fraction of sp³-hybridized carbons (Fsp3) is 0.667. The number of guanidine groups is 1. The summed E-state index contributed by atoms with van der Waals surface area (Å²) >= 11 is 0. The van der Waals surface area contributed by atoms with Crippen molar-refractivity contribution in [3.05, 3.63) is 29.8 Å². The van der Waals surface area contributed by atoms with Crippen molar-refractivity contribution in [2.24, 2.45) is 16.3 Å². The van der Waals surface area contributed by atoms with E-state index in [4.69, 9.17) is 9.73 Å². The summed E-state index contributed by atoms with van der Waals surface area (Å²) < 4.78 is 28.8. The normalized spacial score (nSPS) is 14.8. The molecule has 1 saturated carbocycles. The van der Waals surface area contributed by atoms with Crippen molar-refractivity contribution in [2.45, 2.75) is 46.6 Å². The monoisotopic (exact) mass is 537 g/mol. The summed E-state index contributed by atoms with van der Waals surface area (Å²) in [5, 5.41) is 6.61. The third-order valence-corrected chi connectivity index (χ3v) is 5.73. The van der Waals surface area contributed by atoms with Gasteiger partial charge in [0, 0.05) is 24.9 Å². The van der Waals surface area contributed by atoms with Crippen LogP contribution < -0.4 is 15.4 Å². The van der Waals surface area contributed by atoms with Gasteiger partial charge in [0.1, 0.15) is 15.6 Å². The Balaban J connectivity index is 0.00000420. The predicted molar refractivity (Wildman–Crippen MR) is 131 cm³/mol. The van der Waals surface area contributed by atoms with E-state index < -0.39 is 9.84 Å². The highest BCUT2D eigenvalue weighted by atomic mass is 127. The number of nitrogens with zero attached hydrogens (tertiary/aromatic N) is 1. The quantitative estimate of drug-likeness (QED) is 0.256. The fourth-order valence-electron chi connectivity index (χ4n) is 2.65. The molecule has 2 rings (SSSR count). The maximum Gasteiger partial charge on any atom is 0.191 e. The molecule has 1 aliphatic rings. The molecule has 1 fully saturated rings. The molecule has 0 heterocycles. The van der Waals surface area contributed by atoms with Crippen molar-refractivity contribution in [3.8, 4) is 5.75 Å². The Bertz CT molecular complexity index is 762. The second-order valence-electron chi connectivity index (χ2n) is 8.45. The number of hydrogen-bond donors (Lipinski definition) is 2. The maximum absolute atomic E-state index is 11.4. The zero-order valence-corrected chi connectivity index (χ0v) is 21.2. The van der Waals surface area contributed by atoms with Crippen LogP contribution in [0.25, 0.3) is 0 Å². The molecule has 0 aliphatic heterocycles.